The van der Waals surface area contributed by atoms with Gasteiger partial charge in [-0.05, 0) is 56.2 Å². The van der Waals surface area contributed by atoms with Crippen LogP contribution in [-0.4, -0.2) is 6.54 Å². The Kier molecular flexibility index (Phi) is 4.82. The molecule has 1 aromatic rings. The predicted octanol–water partition coefficient (Wildman–Crippen LogP) is 4.22. The molecule has 1 saturated carbocycles. The van der Waals surface area contributed by atoms with Gasteiger partial charge in [-0.25, -0.2) is 0 Å². The van der Waals surface area contributed by atoms with Crippen molar-refractivity contribution in [3.8, 4) is 0 Å². The Morgan fingerprint density at radius 1 is 1.11 bits per heavy atom. The highest BCUT2D eigenvalue weighted by Crippen LogP contribution is 2.27. The Balaban J connectivity index is 1.76. The molecule has 1 nitrogen and oxygen atoms in total. The van der Waals surface area contributed by atoms with Crippen molar-refractivity contribution in [3.63, 3.8) is 0 Å². The van der Waals surface area contributed by atoms with Crippen molar-refractivity contribution in [3.05, 3.63) is 34.9 Å². The van der Waals surface area contributed by atoms with Gasteiger partial charge in [0.1, 0.15) is 0 Å². The number of nitrogens with one attached hydrogen (secondary N) is 1. The molecular weight excluding hydrogens is 218 g/mol. The zero-order valence-corrected chi connectivity index (χ0v) is 12.1. The summed E-state index contributed by atoms with van der Waals surface area (Å²) >= 11 is 0. The molecule has 1 aromatic carbocycles. The molecule has 0 amide bonds. The van der Waals surface area contributed by atoms with E-state index in [0.717, 1.165) is 18.4 Å². The summed E-state index contributed by atoms with van der Waals surface area (Å²) in [4.78, 5) is 0. The van der Waals surface area contributed by atoms with Gasteiger partial charge in [0, 0.05) is 6.54 Å². The third kappa shape index (κ3) is 3.84. The quantitative estimate of drug-likeness (QED) is 0.837. The second-order valence-electron chi connectivity index (χ2n) is 6.19. The van der Waals surface area contributed by atoms with Crippen molar-refractivity contribution >= 4 is 0 Å². The average Bonchev–Trinajstić information content (AvgIpc) is 2.36. The van der Waals surface area contributed by atoms with Gasteiger partial charge in [-0.15, -0.1) is 0 Å². The molecule has 0 unspecified atom stereocenters. The van der Waals surface area contributed by atoms with Crippen LogP contribution in [0.3, 0.4) is 0 Å². The van der Waals surface area contributed by atoms with E-state index >= 15 is 0 Å². The topological polar surface area (TPSA) is 12.0 Å². The van der Waals surface area contributed by atoms with Gasteiger partial charge in [-0.3, -0.25) is 0 Å². The molecule has 0 radical (unpaired) electrons. The van der Waals surface area contributed by atoms with Gasteiger partial charge >= 0.3 is 0 Å². The van der Waals surface area contributed by atoms with E-state index < -0.39 is 0 Å². The van der Waals surface area contributed by atoms with E-state index in [1.807, 2.05) is 0 Å². The highest BCUT2D eigenvalue weighted by Gasteiger charge is 2.17. The second-order valence-corrected chi connectivity index (χ2v) is 6.19. The fourth-order valence-electron chi connectivity index (χ4n) is 2.93. The Morgan fingerprint density at radius 3 is 2.56 bits per heavy atom. The summed E-state index contributed by atoms with van der Waals surface area (Å²) in [6, 6.07) is 6.74. The molecule has 0 atom stereocenters. The van der Waals surface area contributed by atoms with Crippen molar-refractivity contribution in [1.29, 1.82) is 0 Å². The number of aryl methyl sites for hydroxylation is 2. The fourth-order valence-corrected chi connectivity index (χ4v) is 2.93. The van der Waals surface area contributed by atoms with Gasteiger partial charge < -0.3 is 5.32 Å². The van der Waals surface area contributed by atoms with Gasteiger partial charge in [0.05, 0.1) is 0 Å². The second kappa shape index (κ2) is 6.38. The van der Waals surface area contributed by atoms with E-state index in [0.29, 0.717) is 0 Å². The maximum atomic E-state index is 3.65. The highest BCUT2D eigenvalue weighted by molar-refractivity contribution is 5.30. The Labute approximate surface area is 112 Å². The summed E-state index contributed by atoms with van der Waals surface area (Å²) in [6.07, 6.45) is 5.69. The summed E-state index contributed by atoms with van der Waals surface area (Å²) in [7, 11) is 0. The standard InChI is InChI=1S/C17H27N/c1-13-5-8-16(9-6-13)11-18-12-17-10-14(2)4-7-15(17)3/h4,7,10,13,16,18H,5-6,8-9,11-12H2,1-3H3. The summed E-state index contributed by atoms with van der Waals surface area (Å²) in [5.74, 6) is 1.87. The maximum absolute atomic E-state index is 3.65. The van der Waals surface area contributed by atoms with Crippen LogP contribution in [0.15, 0.2) is 18.2 Å². The zero-order chi connectivity index (χ0) is 13.0. The monoisotopic (exact) mass is 245 g/mol. The largest absolute Gasteiger partial charge is 0.312 e. The van der Waals surface area contributed by atoms with Crippen LogP contribution in [-0.2, 0) is 6.54 Å². The minimum Gasteiger partial charge on any atom is -0.312 e. The van der Waals surface area contributed by atoms with Crippen LogP contribution in [0.1, 0.15) is 49.3 Å². The van der Waals surface area contributed by atoms with E-state index in [2.05, 4.69) is 44.3 Å². The molecule has 1 fully saturated rings. The zero-order valence-electron chi connectivity index (χ0n) is 12.1. The van der Waals surface area contributed by atoms with Crippen LogP contribution in [0.4, 0.5) is 0 Å². The normalized spacial score (nSPS) is 24.2. The van der Waals surface area contributed by atoms with Gasteiger partial charge in [-0.2, -0.15) is 0 Å². The first-order chi connectivity index (χ1) is 8.65. The molecule has 0 heterocycles. The van der Waals surface area contributed by atoms with Crippen molar-refractivity contribution in [1.82, 2.24) is 5.32 Å². The minimum atomic E-state index is 0.909. The Morgan fingerprint density at radius 2 is 1.83 bits per heavy atom. The third-order valence-electron chi connectivity index (χ3n) is 4.39. The lowest BCUT2D eigenvalue weighted by atomic mass is 9.83. The molecule has 0 bridgehead atoms. The molecule has 2 rings (SSSR count). The lowest BCUT2D eigenvalue weighted by Crippen LogP contribution is -2.26. The van der Waals surface area contributed by atoms with Crippen molar-refractivity contribution in [2.45, 2.75) is 53.0 Å². The van der Waals surface area contributed by atoms with E-state index in [1.165, 1.54) is 48.9 Å². The molecular formula is C17H27N. The van der Waals surface area contributed by atoms with Crippen molar-refractivity contribution in [2.24, 2.45) is 11.8 Å². The molecule has 18 heavy (non-hydrogen) atoms. The van der Waals surface area contributed by atoms with Gasteiger partial charge in [0.25, 0.3) is 0 Å². The smallest absolute Gasteiger partial charge is 0.0208 e. The minimum absolute atomic E-state index is 0.909. The first-order valence-corrected chi connectivity index (χ1v) is 7.42. The Bertz CT molecular complexity index is 375. The van der Waals surface area contributed by atoms with Crippen LogP contribution < -0.4 is 5.32 Å². The lowest BCUT2D eigenvalue weighted by Gasteiger charge is -2.26. The van der Waals surface area contributed by atoms with Gasteiger partial charge in [0.2, 0.25) is 0 Å². The first-order valence-electron chi connectivity index (χ1n) is 7.42. The number of hydrogen-bond acceptors (Lipinski definition) is 1. The molecule has 1 heteroatoms. The van der Waals surface area contributed by atoms with E-state index in [-0.39, 0.29) is 0 Å². The maximum Gasteiger partial charge on any atom is 0.0208 e. The van der Waals surface area contributed by atoms with E-state index in [1.54, 1.807) is 0 Å². The molecule has 0 spiro atoms. The average molecular weight is 245 g/mol. The molecule has 1 N–H and O–H groups in total. The lowest BCUT2D eigenvalue weighted by molar-refractivity contribution is 0.281. The van der Waals surface area contributed by atoms with Crippen LogP contribution in [0, 0.1) is 25.7 Å². The van der Waals surface area contributed by atoms with Gasteiger partial charge in [0.15, 0.2) is 0 Å². The van der Waals surface area contributed by atoms with Crippen molar-refractivity contribution in [2.75, 3.05) is 6.54 Å². The van der Waals surface area contributed by atoms with Gasteiger partial charge in [-0.1, -0.05) is 43.5 Å². The summed E-state index contributed by atoms with van der Waals surface area (Å²) < 4.78 is 0. The third-order valence-corrected chi connectivity index (χ3v) is 4.39. The summed E-state index contributed by atoms with van der Waals surface area (Å²) in [6.45, 7) is 8.99. The molecule has 1 aliphatic carbocycles. The van der Waals surface area contributed by atoms with Crippen LogP contribution in [0.25, 0.3) is 0 Å². The summed E-state index contributed by atoms with van der Waals surface area (Å²) in [5.41, 5.74) is 4.23. The van der Waals surface area contributed by atoms with E-state index in [4.69, 9.17) is 0 Å². The van der Waals surface area contributed by atoms with Crippen LogP contribution in [0.2, 0.25) is 0 Å². The SMILES string of the molecule is Cc1ccc(C)c(CNCC2CCC(C)CC2)c1. The number of benzene rings is 1. The summed E-state index contributed by atoms with van der Waals surface area (Å²) in [5, 5.41) is 3.65. The van der Waals surface area contributed by atoms with Crippen LogP contribution >= 0.6 is 0 Å². The molecule has 0 aliphatic heterocycles. The number of hydrogen-bond donors (Lipinski definition) is 1. The Hall–Kier alpha value is -0.820. The molecule has 0 saturated heterocycles. The molecule has 0 aromatic heterocycles. The fraction of sp³-hybridized carbons (Fsp3) is 0.647. The van der Waals surface area contributed by atoms with Crippen molar-refractivity contribution < 1.29 is 0 Å². The van der Waals surface area contributed by atoms with Crippen LogP contribution in [0.5, 0.6) is 0 Å². The molecule has 1 aliphatic rings. The highest BCUT2D eigenvalue weighted by atomic mass is 14.9. The predicted molar refractivity (Wildman–Crippen MR) is 78.7 cm³/mol. The molecule has 100 valence electrons. The van der Waals surface area contributed by atoms with E-state index in [9.17, 15) is 0 Å². The first kappa shape index (κ1) is 13.6. The number of rotatable bonds is 4.